The van der Waals surface area contributed by atoms with Crippen molar-refractivity contribution in [3.63, 3.8) is 0 Å². The largest absolute Gasteiger partial charge is 0.355 e. The Morgan fingerprint density at radius 1 is 0.432 bits per heavy atom. The summed E-state index contributed by atoms with van der Waals surface area (Å²) in [7, 11) is 0. The van der Waals surface area contributed by atoms with Crippen LogP contribution in [0.4, 0.5) is 22.7 Å². The summed E-state index contributed by atoms with van der Waals surface area (Å²) in [6.07, 6.45) is 0. The maximum atomic E-state index is 3.88. The number of fused-ring (bicyclic) bond motifs is 2. The van der Waals surface area contributed by atoms with Gasteiger partial charge in [0, 0.05) is 41.9 Å². The first-order chi connectivity index (χ1) is 21.4. The van der Waals surface area contributed by atoms with Gasteiger partial charge in [0.05, 0.1) is 11.4 Å². The molecular formula is C40H30Br2N2. The zero-order valence-electron chi connectivity index (χ0n) is 24.5. The van der Waals surface area contributed by atoms with Crippen LogP contribution in [0.1, 0.15) is 11.1 Å². The summed E-state index contributed by atoms with van der Waals surface area (Å²) < 4.78 is 2.11. The van der Waals surface area contributed by atoms with Crippen LogP contribution in [-0.2, 0) is 0 Å². The van der Waals surface area contributed by atoms with Crippen molar-refractivity contribution in [2.45, 2.75) is 13.8 Å². The van der Waals surface area contributed by atoms with E-state index in [4.69, 9.17) is 0 Å². The SMILES string of the molecule is Cc1ccc(Nc2c3ccccc3c(Nc3ccc(C)cc3)c3c(-c4ccc(Br)cc4)c(-c4ccc(Br)cc4)ccc23)cc1. The molecule has 0 bridgehead atoms. The van der Waals surface area contributed by atoms with E-state index >= 15 is 0 Å². The molecule has 0 amide bonds. The number of hydrogen-bond donors (Lipinski definition) is 2. The molecule has 0 spiro atoms. The maximum absolute atomic E-state index is 3.88. The van der Waals surface area contributed by atoms with Crippen LogP contribution in [0.25, 0.3) is 43.8 Å². The van der Waals surface area contributed by atoms with E-state index in [-0.39, 0.29) is 0 Å². The van der Waals surface area contributed by atoms with Gasteiger partial charge >= 0.3 is 0 Å². The van der Waals surface area contributed by atoms with Gasteiger partial charge in [-0.3, -0.25) is 0 Å². The van der Waals surface area contributed by atoms with E-state index in [0.717, 1.165) is 59.0 Å². The lowest BCUT2D eigenvalue weighted by Crippen LogP contribution is -2.01. The molecule has 0 aliphatic rings. The van der Waals surface area contributed by atoms with Gasteiger partial charge in [-0.15, -0.1) is 0 Å². The molecule has 0 aliphatic heterocycles. The van der Waals surface area contributed by atoms with Gasteiger partial charge in [-0.25, -0.2) is 0 Å². The summed E-state index contributed by atoms with van der Waals surface area (Å²) in [5, 5.41) is 12.3. The molecular weight excluding hydrogens is 668 g/mol. The van der Waals surface area contributed by atoms with Crippen molar-refractivity contribution in [1.29, 1.82) is 0 Å². The van der Waals surface area contributed by atoms with Gasteiger partial charge in [-0.1, -0.05) is 128 Å². The third-order valence-corrected chi connectivity index (χ3v) is 9.18. The number of nitrogens with one attached hydrogen (secondary N) is 2. The minimum absolute atomic E-state index is 1.05. The first-order valence-corrected chi connectivity index (χ1v) is 16.2. The first kappa shape index (κ1) is 28.4. The van der Waals surface area contributed by atoms with Crippen molar-refractivity contribution in [3.8, 4) is 22.3 Å². The fourth-order valence-corrected chi connectivity index (χ4v) is 6.41. The molecule has 44 heavy (non-hydrogen) atoms. The quantitative estimate of drug-likeness (QED) is 0.133. The molecule has 0 radical (unpaired) electrons. The van der Waals surface area contributed by atoms with Crippen molar-refractivity contribution in [1.82, 2.24) is 0 Å². The van der Waals surface area contributed by atoms with E-state index < -0.39 is 0 Å². The summed E-state index contributed by atoms with van der Waals surface area (Å²) in [5.74, 6) is 0. The van der Waals surface area contributed by atoms with Crippen LogP contribution >= 0.6 is 31.9 Å². The van der Waals surface area contributed by atoms with Gasteiger partial charge in [-0.2, -0.15) is 0 Å². The monoisotopic (exact) mass is 696 g/mol. The fraction of sp³-hybridized carbons (Fsp3) is 0.0500. The summed E-state index contributed by atoms with van der Waals surface area (Å²) in [6, 6.07) is 47.7. The Hall–Kier alpha value is -4.38. The van der Waals surface area contributed by atoms with Gasteiger partial charge in [-0.05, 0) is 84.6 Å². The first-order valence-electron chi connectivity index (χ1n) is 14.7. The van der Waals surface area contributed by atoms with E-state index in [1.54, 1.807) is 0 Å². The van der Waals surface area contributed by atoms with E-state index in [1.165, 1.54) is 27.6 Å². The Kier molecular flexibility index (Phi) is 7.71. The molecule has 0 atom stereocenters. The van der Waals surface area contributed by atoms with Crippen LogP contribution in [0, 0.1) is 13.8 Å². The minimum atomic E-state index is 1.05. The molecule has 0 saturated heterocycles. The standard InChI is InChI=1S/C40H30Br2N2/c1-25-7-19-31(20-8-25)43-39-34-5-3-4-6-35(34)40(44-32-21-9-26(2)10-22-32)38-36(39)24-23-33(27-11-15-29(41)16-12-27)37(38)28-13-17-30(42)18-14-28/h3-24,43-44H,1-2H3. The van der Waals surface area contributed by atoms with Gasteiger partial charge in [0.15, 0.2) is 0 Å². The summed E-state index contributed by atoms with van der Waals surface area (Å²) in [5.41, 5.74) is 11.4. The molecule has 0 unspecified atom stereocenters. The lowest BCUT2D eigenvalue weighted by Gasteiger charge is -2.23. The van der Waals surface area contributed by atoms with Crippen molar-refractivity contribution in [2.75, 3.05) is 10.6 Å². The number of aryl methyl sites for hydroxylation is 2. The van der Waals surface area contributed by atoms with Crippen LogP contribution in [0.5, 0.6) is 0 Å². The molecule has 0 aromatic heterocycles. The molecule has 0 saturated carbocycles. The van der Waals surface area contributed by atoms with Crippen LogP contribution in [0.2, 0.25) is 0 Å². The molecule has 7 aromatic carbocycles. The van der Waals surface area contributed by atoms with E-state index in [1.807, 2.05) is 0 Å². The summed E-state index contributed by atoms with van der Waals surface area (Å²) in [6.45, 7) is 4.24. The van der Waals surface area contributed by atoms with Gasteiger partial charge in [0.1, 0.15) is 0 Å². The number of rotatable bonds is 6. The number of halogens is 2. The van der Waals surface area contributed by atoms with E-state index in [2.05, 4.69) is 190 Å². The molecule has 0 heterocycles. The van der Waals surface area contributed by atoms with Crippen LogP contribution in [0.15, 0.2) is 142 Å². The second kappa shape index (κ2) is 12.0. The molecule has 4 heteroatoms. The predicted molar refractivity (Wildman–Crippen MR) is 197 cm³/mol. The van der Waals surface area contributed by atoms with Crippen molar-refractivity contribution in [3.05, 3.63) is 154 Å². The number of anilines is 4. The Labute approximate surface area is 275 Å². The van der Waals surface area contributed by atoms with E-state index in [0.29, 0.717) is 0 Å². The van der Waals surface area contributed by atoms with Crippen molar-refractivity contribution in [2.24, 2.45) is 0 Å². The van der Waals surface area contributed by atoms with Crippen molar-refractivity contribution < 1.29 is 0 Å². The van der Waals surface area contributed by atoms with Gasteiger partial charge in [0.2, 0.25) is 0 Å². The minimum Gasteiger partial charge on any atom is -0.355 e. The molecule has 7 aromatic rings. The van der Waals surface area contributed by atoms with Crippen molar-refractivity contribution >= 4 is 76.2 Å². The molecule has 0 fully saturated rings. The highest BCUT2D eigenvalue weighted by molar-refractivity contribution is 9.10. The Bertz CT molecular complexity index is 2120. The number of hydrogen-bond acceptors (Lipinski definition) is 2. The Balaban J connectivity index is 1.62. The second-order valence-corrected chi connectivity index (χ2v) is 13.0. The fourth-order valence-electron chi connectivity index (χ4n) is 5.88. The highest BCUT2D eigenvalue weighted by Crippen LogP contribution is 2.49. The van der Waals surface area contributed by atoms with E-state index in [9.17, 15) is 0 Å². The average molecular weight is 699 g/mol. The molecule has 7 rings (SSSR count). The third kappa shape index (κ3) is 5.52. The lowest BCUT2D eigenvalue weighted by atomic mass is 9.86. The zero-order valence-corrected chi connectivity index (χ0v) is 27.6. The average Bonchev–Trinajstić information content (AvgIpc) is 3.05. The van der Waals surface area contributed by atoms with Gasteiger partial charge in [0.25, 0.3) is 0 Å². The maximum Gasteiger partial charge on any atom is 0.0551 e. The Morgan fingerprint density at radius 3 is 1.45 bits per heavy atom. The molecule has 214 valence electrons. The van der Waals surface area contributed by atoms with Crippen LogP contribution in [0.3, 0.4) is 0 Å². The molecule has 0 aliphatic carbocycles. The lowest BCUT2D eigenvalue weighted by molar-refractivity contribution is 1.46. The molecule has 2 N–H and O–H groups in total. The zero-order chi connectivity index (χ0) is 30.2. The highest BCUT2D eigenvalue weighted by Gasteiger charge is 2.21. The predicted octanol–water partition coefficient (Wildman–Crippen LogP) is 13.0. The van der Waals surface area contributed by atoms with Gasteiger partial charge < -0.3 is 10.6 Å². The smallest absolute Gasteiger partial charge is 0.0551 e. The topological polar surface area (TPSA) is 24.1 Å². The van der Waals surface area contributed by atoms with Crippen LogP contribution in [-0.4, -0.2) is 0 Å². The van der Waals surface area contributed by atoms with Crippen LogP contribution < -0.4 is 10.6 Å². The normalized spacial score (nSPS) is 11.2. The summed E-state index contributed by atoms with van der Waals surface area (Å²) >= 11 is 7.29. The number of benzene rings is 7. The third-order valence-electron chi connectivity index (χ3n) is 8.12. The second-order valence-electron chi connectivity index (χ2n) is 11.2. The summed E-state index contributed by atoms with van der Waals surface area (Å²) in [4.78, 5) is 0. The Morgan fingerprint density at radius 2 is 0.909 bits per heavy atom. The highest BCUT2D eigenvalue weighted by atomic mass is 79.9. The molecule has 2 nitrogen and oxygen atoms in total.